The molecule has 23 heavy (non-hydrogen) atoms. The molecule has 2 amide bonds. The number of urea groups is 1. The molecular weight excluding hydrogens is 294 g/mol. The van der Waals surface area contributed by atoms with Gasteiger partial charge >= 0.3 is 6.03 Å². The van der Waals surface area contributed by atoms with E-state index < -0.39 is 0 Å². The molecule has 1 atom stereocenters. The Morgan fingerprint density at radius 1 is 1.39 bits per heavy atom. The van der Waals surface area contributed by atoms with Gasteiger partial charge in [-0.1, -0.05) is 35.5 Å². The average Bonchev–Trinajstić information content (AvgIpc) is 2.99. The molecule has 1 aromatic carbocycles. The molecular formula is C17H21N3O3. The minimum atomic E-state index is -0.161. The zero-order valence-corrected chi connectivity index (χ0v) is 13.2. The van der Waals surface area contributed by atoms with Crippen LogP contribution in [0.25, 0.3) is 0 Å². The standard InChI is InChI=1S/C17H21N3O3/c1-13-11-16(19-23-13)18-17(21)20-9-10-22-15(12-20)8-7-14-5-3-2-4-6-14/h2-6,11,15H,7-10,12H2,1H3,(H,18,19,21). The number of rotatable bonds is 4. The topological polar surface area (TPSA) is 67.6 Å². The fourth-order valence-corrected chi connectivity index (χ4v) is 2.66. The molecule has 2 heterocycles. The molecule has 0 spiro atoms. The zero-order valence-electron chi connectivity index (χ0n) is 13.2. The van der Waals surface area contributed by atoms with Crippen LogP contribution < -0.4 is 5.32 Å². The van der Waals surface area contributed by atoms with Gasteiger partial charge in [0.05, 0.1) is 12.7 Å². The Hall–Kier alpha value is -2.34. The van der Waals surface area contributed by atoms with E-state index in [2.05, 4.69) is 22.6 Å². The van der Waals surface area contributed by atoms with E-state index >= 15 is 0 Å². The van der Waals surface area contributed by atoms with Gasteiger partial charge in [0.25, 0.3) is 0 Å². The summed E-state index contributed by atoms with van der Waals surface area (Å²) in [5, 5.41) is 6.53. The maximum absolute atomic E-state index is 12.3. The summed E-state index contributed by atoms with van der Waals surface area (Å²) in [5.74, 6) is 1.11. The van der Waals surface area contributed by atoms with Crippen LogP contribution >= 0.6 is 0 Å². The van der Waals surface area contributed by atoms with Gasteiger partial charge in [0, 0.05) is 19.2 Å². The smallest absolute Gasteiger partial charge is 0.323 e. The molecule has 122 valence electrons. The second-order valence-electron chi connectivity index (χ2n) is 5.72. The summed E-state index contributed by atoms with van der Waals surface area (Å²) in [6, 6.07) is 11.9. The Morgan fingerprint density at radius 3 is 2.96 bits per heavy atom. The minimum absolute atomic E-state index is 0.0637. The van der Waals surface area contributed by atoms with Crippen LogP contribution in [0.2, 0.25) is 0 Å². The highest BCUT2D eigenvalue weighted by Crippen LogP contribution is 2.14. The largest absolute Gasteiger partial charge is 0.375 e. The maximum atomic E-state index is 12.3. The van der Waals surface area contributed by atoms with Crippen LogP contribution in [0.5, 0.6) is 0 Å². The van der Waals surface area contributed by atoms with Crippen molar-refractivity contribution in [2.24, 2.45) is 0 Å². The summed E-state index contributed by atoms with van der Waals surface area (Å²) in [6.07, 6.45) is 1.91. The first-order chi connectivity index (χ1) is 11.2. The van der Waals surface area contributed by atoms with E-state index in [0.717, 1.165) is 12.8 Å². The summed E-state index contributed by atoms with van der Waals surface area (Å²) < 4.78 is 10.7. The zero-order chi connectivity index (χ0) is 16.1. The van der Waals surface area contributed by atoms with Crippen LogP contribution in [0, 0.1) is 6.92 Å². The first-order valence-corrected chi connectivity index (χ1v) is 7.85. The van der Waals surface area contributed by atoms with Gasteiger partial charge in [0.15, 0.2) is 5.82 Å². The number of ether oxygens (including phenoxy) is 1. The van der Waals surface area contributed by atoms with E-state index in [1.54, 1.807) is 17.9 Å². The molecule has 0 saturated carbocycles. The lowest BCUT2D eigenvalue weighted by molar-refractivity contribution is -0.0157. The Kier molecular flexibility index (Phi) is 4.92. The fraction of sp³-hybridized carbons (Fsp3) is 0.412. The monoisotopic (exact) mass is 315 g/mol. The molecule has 6 nitrogen and oxygen atoms in total. The SMILES string of the molecule is Cc1cc(NC(=O)N2CCOC(CCc3ccccc3)C2)no1. The van der Waals surface area contributed by atoms with Crippen LogP contribution in [0.15, 0.2) is 40.9 Å². The van der Waals surface area contributed by atoms with Crippen molar-refractivity contribution in [3.63, 3.8) is 0 Å². The number of carbonyl (C=O) groups is 1. The second kappa shape index (κ2) is 7.28. The Labute approximate surface area is 135 Å². The number of benzene rings is 1. The molecule has 1 unspecified atom stereocenters. The van der Waals surface area contributed by atoms with Gasteiger partial charge < -0.3 is 14.2 Å². The van der Waals surface area contributed by atoms with Crippen LogP contribution in [0.4, 0.5) is 10.6 Å². The molecule has 0 radical (unpaired) electrons. The van der Waals surface area contributed by atoms with E-state index in [1.807, 2.05) is 18.2 Å². The third-order valence-corrected chi connectivity index (χ3v) is 3.89. The van der Waals surface area contributed by atoms with Gasteiger partial charge in [0.2, 0.25) is 0 Å². The van der Waals surface area contributed by atoms with Gasteiger partial charge in [-0.25, -0.2) is 4.79 Å². The number of amides is 2. The van der Waals surface area contributed by atoms with Crippen molar-refractivity contribution in [1.29, 1.82) is 0 Å². The molecule has 2 aromatic rings. The van der Waals surface area contributed by atoms with Crippen LogP contribution in [-0.2, 0) is 11.2 Å². The third-order valence-electron chi connectivity index (χ3n) is 3.89. The molecule has 1 aliphatic heterocycles. The van der Waals surface area contributed by atoms with E-state index in [9.17, 15) is 4.79 Å². The third kappa shape index (κ3) is 4.32. The predicted molar refractivity (Wildman–Crippen MR) is 86.3 cm³/mol. The summed E-state index contributed by atoms with van der Waals surface area (Å²) in [5.41, 5.74) is 1.29. The van der Waals surface area contributed by atoms with Gasteiger partial charge in [-0.2, -0.15) is 0 Å². The van der Waals surface area contributed by atoms with Crippen molar-refractivity contribution in [3.8, 4) is 0 Å². The lowest BCUT2D eigenvalue weighted by Gasteiger charge is -2.32. The Morgan fingerprint density at radius 2 is 2.22 bits per heavy atom. The van der Waals surface area contributed by atoms with Crippen molar-refractivity contribution in [2.45, 2.75) is 25.9 Å². The quantitative estimate of drug-likeness (QED) is 0.942. The molecule has 1 saturated heterocycles. The van der Waals surface area contributed by atoms with Gasteiger partial charge in [0.1, 0.15) is 5.76 Å². The first kappa shape index (κ1) is 15.6. The Bertz CT molecular complexity index is 642. The van der Waals surface area contributed by atoms with Crippen LogP contribution in [-0.4, -0.2) is 41.9 Å². The summed E-state index contributed by atoms with van der Waals surface area (Å²) >= 11 is 0. The van der Waals surface area contributed by atoms with Crippen molar-refractivity contribution in [1.82, 2.24) is 10.1 Å². The first-order valence-electron chi connectivity index (χ1n) is 7.85. The Balaban J connectivity index is 1.50. The number of nitrogens with one attached hydrogen (secondary N) is 1. The second-order valence-corrected chi connectivity index (χ2v) is 5.72. The molecule has 1 fully saturated rings. The van der Waals surface area contributed by atoms with Crippen molar-refractivity contribution >= 4 is 11.8 Å². The lowest BCUT2D eigenvalue weighted by Crippen LogP contribution is -2.47. The van der Waals surface area contributed by atoms with E-state index in [-0.39, 0.29) is 12.1 Å². The molecule has 3 rings (SSSR count). The number of aryl methyl sites for hydroxylation is 2. The van der Waals surface area contributed by atoms with Crippen molar-refractivity contribution in [2.75, 3.05) is 25.0 Å². The van der Waals surface area contributed by atoms with Gasteiger partial charge in [-0.15, -0.1) is 0 Å². The predicted octanol–water partition coefficient (Wildman–Crippen LogP) is 2.85. The number of nitrogens with zero attached hydrogens (tertiary/aromatic N) is 2. The molecule has 1 aliphatic rings. The van der Waals surface area contributed by atoms with E-state index in [1.165, 1.54) is 5.56 Å². The number of anilines is 1. The van der Waals surface area contributed by atoms with Crippen molar-refractivity contribution in [3.05, 3.63) is 47.7 Å². The summed E-state index contributed by atoms with van der Waals surface area (Å²) in [6.45, 7) is 3.53. The van der Waals surface area contributed by atoms with Gasteiger partial charge in [-0.05, 0) is 25.3 Å². The number of hydrogen-bond acceptors (Lipinski definition) is 4. The maximum Gasteiger partial charge on any atom is 0.323 e. The number of aromatic nitrogens is 1. The fourth-order valence-electron chi connectivity index (χ4n) is 2.66. The summed E-state index contributed by atoms with van der Waals surface area (Å²) in [7, 11) is 0. The minimum Gasteiger partial charge on any atom is -0.375 e. The highest BCUT2D eigenvalue weighted by molar-refractivity contribution is 5.88. The van der Waals surface area contributed by atoms with Crippen LogP contribution in [0.3, 0.4) is 0 Å². The molecule has 1 N–H and O–H groups in total. The highest BCUT2D eigenvalue weighted by Gasteiger charge is 2.24. The summed E-state index contributed by atoms with van der Waals surface area (Å²) in [4.78, 5) is 14.0. The van der Waals surface area contributed by atoms with Gasteiger partial charge in [-0.3, -0.25) is 5.32 Å². The normalized spacial score (nSPS) is 18.0. The number of carbonyl (C=O) groups excluding carboxylic acids is 1. The lowest BCUT2D eigenvalue weighted by atomic mass is 10.1. The van der Waals surface area contributed by atoms with Crippen molar-refractivity contribution < 1.29 is 14.1 Å². The van der Waals surface area contributed by atoms with Crippen LogP contribution in [0.1, 0.15) is 17.7 Å². The highest BCUT2D eigenvalue weighted by atomic mass is 16.5. The average molecular weight is 315 g/mol. The number of morpholine rings is 1. The molecule has 0 aliphatic carbocycles. The van der Waals surface area contributed by atoms with E-state index in [4.69, 9.17) is 9.26 Å². The van der Waals surface area contributed by atoms with E-state index in [0.29, 0.717) is 31.3 Å². The molecule has 0 bridgehead atoms. The molecule has 6 heteroatoms. The molecule has 1 aromatic heterocycles. The number of hydrogen-bond donors (Lipinski definition) is 1.